The Labute approximate surface area is 42.0 Å². The standard InChI is InChI=1S/C4H8N2O/c1-2-4(5-3-1)6-7-4/h5-6H,1-3H2. The molecule has 1 spiro atoms. The topological polar surface area (TPSA) is 46.5 Å². The summed E-state index contributed by atoms with van der Waals surface area (Å²) in [6.45, 7) is 1.09. The van der Waals surface area contributed by atoms with Crippen molar-refractivity contribution < 1.29 is 4.84 Å². The minimum absolute atomic E-state index is 0.0556. The first-order valence-corrected chi connectivity index (χ1v) is 2.62. The molecule has 2 fully saturated rings. The molecule has 2 heterocycles. The van der Waals surface area contributed by atoms with E-state index in [1.807, 2.05) is 0 Å². The van der Waals surface area contributed by atoms with Gasteiger partial charge >= 0.3 is 0 Å². The van der Waals surface area contributed by atoms with Crippen molar-refractivity contribution >= 4 is 0 Å². The van der Waals surface area contributed by atoms with E-state index < -0.39 is 0 Å². The highest BCUT2D eigenvalue weighted by Crippen LogP contribution is 2.25. The highest BCUT2D eigenvalue weighted by molar-refractivity contribution is 4.85. The van der Waals surface area contributed by atoms with Crippen LogP contribution in [0.3, 0.4) is 0 Å². The molecule has 0 aromatic rings. The summed E-state index contributed by atoms with van der Waals surface area (Å²) in [6, 6.07) is 0. The van der Waals surface area contributed by atoms with E-state index in [0.717, 1.165) is 13.0 Å². The molecule has 2 saturated heterocycles. The molecule has 2 aliphatic rings. The molecule has 0 amide bonds. The van der Waals surface area contributed by atoms with Crippen LogP contribution in [0.1, 0.15) is 12.8 Å². The van der Waals surface area contributed by atoms with E-state index in [-0.39, 0.29) is 5.85 Å². The van der Waals surface area contributed by atoms with Crippen LogP contribution in [0.4, 0.5) is 0 Å². The minimum atomic E-state index is -0.0556. The fourth-order valence-electron chi connectivity index (χ4n) is 0.952. The smallest absolute Gasteiger partial charge is 0.215 e. The lowest BCUT2D eigenvalue weighted by Crippen LogP contribution is -2.27. The fraction of sp³-hybridized carbons (Fsp3) is 1.00. The van der Waals surface area contributed by atoms with Gasteiger partial charge in [-0.3, -0.25) is 10.2 Å². The van der Waals surface area contributed by atoms with Gasteiger partial charge < -0.3 is 0 Å². The summed E-state index contributed by atoms with van der Waals surface area (Å²) >= 11 is 0. The predicted octanol–water partition coefficient (Wildman–Crippen LogP) is -0.442. The molecule has 40 valence electrons. The molecule has 0 bridgehead atoms. The van der Waals surface area contributed by atoms with E-state index in [2.05, 4.69) is 10.8 Å². The number of nitrogens with one attached hydrogen (secondary N) is 2. The Morgan fingerprint density at radius 1 is 1.57 bits per heavy atom. The molecule has 2 N–H and O–H groups in total. The summed E-state index contributed by atoms with van der Waals surface area (Å²) in [5, 5.41) is 3.17. The van der Waals surface area contributed by atoms with Gasteiger partial charge in [-0.2, -0.15) is 5.48 Å². The highest BCUT2D eigenvalue weighted by Gasteiger charge is 2.46. The molecule has 1 atom stereocenters. The first-order valence-electron chi connectivity index (χ1n) is 2.62. The van der Waals surface area contributed by atoms with Crippen LogP contribution in [0.15, 0.2) is 0 Å². The lowest BCUT2D eigenvalue weighted by atomic mass is 10.3. The molecule has 2 rings (SSSR count). The van der Waals surface area contributed by atoms with E-state index in [1.54, 1.807) is 0 Å². The predicted molar refractivity (Wildman–Crippen MR) is 24.2 cm³/mol. The first kappa shape index (κ1) is 3.83. The van der Waals surface area contributed by atoms with Gasteiger partial charge in [-0.05, 0) is 13.0 Å². The summed E-state index contributed by atoms with van der Waals surface area (Å²) in [6.07, 6.45) is 2.35. The average molecular weight is 100 g/mol. The summed E-state index contributed by atoms with van der Waals surface area (Å²) < 4.78 is 0. The molecule has 3 heteroatoms. The number of hydrogen-bond donors (Lipinski definition) is 2. The Hall–Kier alpha value is -0.120. The first-order chi connectivity index (χ1) is 3.41. The lowest BCUT2D eigenvalue weighted by molar-refractivity contribution is 0.275. The zero-order valence-electron chi connectivity index (χ0n) is 4.03. The molecular weight excluding hydrogens is 92.1 g/mol. The van der Waals surface area contributed by atoms with Gasteiger partial charge in [0.25, 0.3) is 0 Å². The second kappa shape index (κ2) is 0.992. The van der Waals surface area contributed by atoms with Gasteiger partial charge in [0.15, 0.2) is 0 Å². The van der Waals surface area contributed by atoms with Crippen LogP contribution in [-0.4, -0.2) is 12.4 Å². The lowest BCUT2D eigenvalue weighted by Gasteiger charge is -1.92. The fourth-order valence-corrected chi connectivity index (χ4v) is 0.952. The molecule has 0 aliphatic carbocycles. The minimum Gasteiger partial charge on any atom is -0.274 e. The number of rotatable bonds is 0. The average Bonchev–Trinajstić information content (AvgIpc) is 2.15. The number of hydrogen-bond acceptors (Lipinski definition) is 3. The Balaban J connectivity index is 2.07. The van der Waals surface area contributed by atoms with Crippen molar-refractivity contribution in [2.24, 2.45) is 0 Å². The van der Waals surface area contributed by atoms with E-state index in [4.69, 9.17) is 4.84 Å². The molecule has 0 saturated carbocycles. The van der Waals surface area contributed by atoms with Gasteiger partial charge in [0.05, 0.1) is 0 Å². The summed E-state index contributed by atoms with van der Waals surface area (Å²) in [5.41, 5.74) is 2.80. The molecule has 0 aromatic heterocycles. The van der Waals surface area contributed by atoms with Gasteiger partial charge in [-0.15, -0.1) is 0 Å². The molecule has 2 aliphatic heterocycles. The van der Waals surface area contributed by atoms with Crippen molar-refractivity contribution in [3.05, 3.63) is 0 Å². The van der Waals surface area contributed by atoms with Crippen LogP contribution >= 0.6 is 0 Å². The molecule has 0 radical (unpaired) electrons. The van der Waals surface area contributed by atoms with E-state index >= 15 is 0 Å². The van der Waals surface area contributed by atoms with Crippen molar-refractivity contribution in [3.63, 3.8) is 0 Å². The Morgan fingerprint density at radius 3 is 2.71 bits per heavy atom. The maximum absolute atomic E-state index is 4.90. The molecule has 1 unspecified atom stereocenters. The highest BCUT2D eigenvalue weighted by atomic mass is 16.8. The Kier molecular flexibility index (Phi) is 0.543. The van der Waals surface area contributed by atoms with E-state index in [1.165, 1.54) is 6.42 Å². The summed E-state index contributed by atoms with van der Waals surface area (Å²) in [5.74, 6) is -0.0556. The van der Waals surface area contributed by atoms with Crippen LogP contribution in [0, 0.1) is 0 Å². The maximum atomic E-state index is 4.90. The quantitative estimate of drug-likeness (QED) is 0.405. The van der Waals surface area contributed by atoms with E-state index in [9.17, 15) is 0 Å². The van der Waals surface area contributed by atoms with Crippen LogP contribution in [0.5, 0.6) is 0 Å². The van der Waals surface area contributed by atoms with Gasteiger partial charge in [0.1, 0.15) is 0 Å². The zero-order valence-corrected chi connectivity index (χ0v) is 4.03. The molecule has 3 nitrogen and oxygen atoms in total. The SMILES string of the molecule is C1CNC2(C1)NO2. The van der Waals surface area contributed by atoms with Crippen LogP contribution in [-0.2, 0) is 4.84 Å². The zero-order chi connectivity index (χ0) is 4.74. The van der Waals surface area contributed by atoms with Gasteiger partial charge in [0.2, 0.25) is 5.85 Å². The summed E-state index contributed by atoms with van der Waals surface area (Å²) in [4.78, 5) is 4.90. The van der Waals surface area contributed by atoms with Gasteiger partial charge in [0, 0.05) is 6.42 Å². The Morgan fingerprint density at radius 2 is 2.43 bits per heavy atom. The largest absolute Gasteiger partial charge is 0.274 e. The maximum Gasteiger partial charge on any atom is 0.215 e. The van der Waals surface area contributed by atoms with E-state index in [0.29, 0.717) is 0 Å². The summed E-state index contributed by atoms with van der Waals surface area (Å²) in [7, 11) is 0. The second-order valence-corrected chi connectivity index (χ2v) is 2.06. The van der Waals surface area contributed by atoms with Crippen molar-refractivity contribution in [1.29, 1.82) is 0 Å². The molecular formula is C4H8N2O. The third-order valence-corrected chi connectivity index (χ3v) is 1.46. The second-order valence-electron chi connectivity index (χ2n) is 2.06. The molecule has 7 heavy (non-hydrogen) atoms. The normalized spacial score (nSPS) is 48.0. The third kappa shape index (κ3) is 0.459. The van der Waals surface area contributed by atoms with Crippen LogP contribution in [0.25, 0.3) is 0 Å². The van der Waals surface area contributed by atoms with Crippen molar-refractivity contribution in [2.75, 3.05) is 6.54 Å². The van der Waals surface area contributed by atoms with Crippen molar-refractivity contribution in [2.45, 2.75) is 18.7 Å². The van der Waals surface area contributed by atoms with Crippen LogP contribution in [0.2, 0.25) is 0 Å². The van der Waals surface area contributed by atoms with Gasteiger partial charge in [-0.1, -0.05) is 0 Å². The van der Waals surface area contributed by atoms with Crippen molar-refractivity contribution in [3.8, 4) is 0 Å². The third-order valence-electron chi connectivity index (χ3n) is 1.46. The Bertz CT molecular complexity index is 81.7. The van der Waals surface area contributed by atoms with Crippen molar-refractivity contribution in [1.82, 2.24) is 10.8 Å². The van der Waals surface area contributed by atoms with Crippen LogP contribution < -0.4 is 10.8 Å². The number of hydroxylamine groups is 1. The van der Waals surface area contributed by atoms with Gasteiger partial charge in [-0.25, -0.2) is 0 Å². The molecule has 0 aromatic carbocycles. The monoisotopic (exact) mass is 100 g/mol.